The van der Waals surface area contributed by atoms with E-state index in [0.29, 0.717) is 5.92 Å². The van der Waals surface area contributed by atoms with Crippen molar-refractivity contribution in [1.82, 2.24) is 10.2 Å². The second-order valence-electron chi connectivity index (χ2n) is 4.21. The Balaban J connectivity index is 2.50. The van der Waals surface area contributed by atoms with E-state index in [2.05, 4.69) is 30.1 Å². The molecule has 1 aliphatic heterocycles. The number of hydrogen-bond acceptors (Lipinski definition) is 3. The van der Waals surface area contributed by atoms with Crippen LogP contribution in [0.5, 0.6) is 0 Å². The molecule has 1 saturated heterocycles. The number of rotatable bonds is 4. The molecule has 1 aliphatic rings. The average Bonchev–Trinajstić information content (AvgIpc) is 2.16. The van der Waals surface area contributed by atoms with Crippen LogP contribution in [0.3, 0.4) is 0 Å². The van der Waals surface area contributed by atoms with Gasteiger partial charge in [0.05, 0.1) is 5.82 Å². The van der Waals surface area contributed by atoms with Gasteiger partial charge in [-0.2, -0.15) is 0 Å². The molecule has 0 saturated carbocycles. The van der Waals surface area contributed by atoms with Crippen LogP contribution in [0.1, 0.15) is 26.7 Å². The molecule has 1 heterocycles. The molecular weight excluding hydrogens is 174 g/mol. The Labute approximate surface area is 87.3 Å². The number of nitrogens with zero attached hydrogens (tertiary/aromatic N) is 1. The Morgan fingerprint density at radius 2 is 2.36 bits per heavy atom. The second-order valence-corrected chi connectivity index (χ2v) is 4.21. The van der Waals surface area contributed by atoms with Gasteiger partial charge in [-0.15, -0.1) is 0 Å². The lowest BCUT2D eigenvalue weighted by atomic mass is 10.2. The van der Waals surface area contributed by atoms with Crippen molar-refractivity contribution in [3.8, 4) is 0 Å². The SMILES string of the molecule is CC(C)/C=C1\NCCCN1CCCN. The van der Waals surface area contributed by atoms with Crippen LogP contribution in [-0.4, -0.2) is 31.1 Å². The highest BCUT2D eigenvalue weighted by Crippen LogP contribution is 2.11. The lowest BCUT2D eigenvalue weighted by molar-refractivity contribution is 0.277. The lowest BCUT2D eigenvalue weighted by Gasteiger charge is -2.33. The normalized spacial score (nSPS) is 20.3. The summed E-state index contributed by atoms with van der Waals surface area (Å²) in [6, 6.07) is 0. The van der Waals surface area contributed by atoms with Gasteiger partial charge in [-0.25, -0.2) is 0 Å². The molecule has 0 spiro atoms. The minimum Gasteiger partial charge on any atom is -0.372 e. The molecule has 3 N–H and O–H groups in total. The molecule has 0 aromatic heterocycles. The van der Waals surface area contributed by atoms with E-state index in [1.165, 1.54) is 18.8 Å². The van der Waals surface area contributed by atoms with Crippen LogP contribution < -0.4 is 11.1 Å². The fraction of sp³-hybridized carbons (Fsp3) is 0.818. The van der Waals surface area contributed by atoms with Crippen LogP contribution in [0, 0.1) is 5.92 Å². The predicted molar refractivity (Wildman–Crippen MR) is 60.8 cm³/mol. The quantitative estimate of drug-likeness (QED) is 0.710. The standard InChI is InChI=1S/C11H23N3/c1-10(2)9-11-13-6-4-8-14(11)7-3-5-12/h9-10,13H,3-8,12H2,1-2H3/b11-9+. The zero-order valence-corrected chi connectivity index (χ0v) is 9.42. The Bertz CT molecular complexity index is 187. The predicted octanol–water partition coefficient (Wildman–Crippen LogP) is 1.13. The highest BCUT2D eigenvalue weighted by Gasteiger charge is 2.13. The van der Waals surface area contributed by atoms with Gasteiger partial charge < -0.3 is 16.0 Å². The first-order valence-electron chi connectivity index (χ1n) is 5.64. The van der Waals surface area contributed by atoms with E-state index in [1.807, 2.05) is 0 Å². The molecule has 0 amide bonds. The summed E-state index contributed by atoms with van der Waals surface area (Å²) in [7, 11) is 0. The van der Waals surface area contributed by atoms with Crippen LogP contribution >= 0.6 is 0 Å². The van der Waals surface area contributed by atoms with Crippen LogP contribution in [0.25, 0.3) is 0 Å². The van der Waals surface area contributed by atoms with E-state index in [0.717, 1.165) is 26.1 Å². The molecule has 0 aromatic carbocycles. The van der Waals surface area contributed by atoms with Crippen molar-refractivity contribution < 1.29 is 0 Å². The summed E-state index contributed by atoms with van der Waals surface area (Å²) in [6.45, 7) is 8.57. The molecule has 3 heteroatoms. The maximum absolute atomic E-state index is 5.53. The third-order valence-electron chi connectivity index (χ3n) is 2.37. The zero-order chi connectivity index (χ0) is 10.4. The third kappa shape index (κ3) is 3.58. The minimum absolute atomic E-state index is 0.607. The van der Waals surface area contributed by atoms with Gasteiger partial charge in [0.25, 0.3) is 0 Å². The summed E-state index contributed by atoms with van der Waals surface area (Å²) < 4.78 is 0. The molecule has 0 bridgehead atoms. The van der Waals surface area contributed by atoms with Gasteiger partial charge in [-0.05, 0) is 31.4 Å². The zero-order valence-electron chi connectivity index (χ0n) is 9.42. The first kappa shape index (κ1) is 11.4. The molecular formula is C11H23N3. The maximum atomic E-state index is 5.53. The van der Waals surface area contributed by atoms with Crippen molar-refractivity contribution in [2.45, 2.75) is 26.7 Å². The molecule has 0 radical (unpaired) electrons. The lowest BCUT2D eigenvalue weighted by Crippen LogP contribution is -2.40. The van der Waals surface area contributed by atoms with E-state index < -0.39 is 0 Å². The van der Waals surface area contributed by atoms with Crippen molar-refractivity contribution in [2.24, 2.45) is 11.7 Å². The average molecular weight is 197 g/mol. The minimum atomic E-state index is 0.607. The fourth-order valence-electron chi connectivity index (χ4n) is 1.71. The maximum Gasteiger partial charge on any atom is 0.0974 e. The van der Waals surface area contributed by atoms with E-state index in [1.54, 1.807) is 0 Å². The van der Waals surface area contributed by atoms with Crippen LogP contribution in [0.2, 0.25) is 0 Å². The largest absolute Gasteiger partial charge is 0.372 e. The molecule has 0 aliphatic carbocycles. The smallest absolute Gasteiger partial charge is 0.0974 e. The first-order valence-corrected chi connectivity index (χ1v) is 5.64. The molecule has 82 valence electrons. The molecule has 1 rings (SSSR count). The number of allylic oxidation sites excluding steroid dienone is 1. The second kappa shape index (κ2) is 5.91. The molecule has 0 aromatic rings. The van der Waals surface area contributed by atoms with Gasteiger partial charge in [-0.3, -0.25) is 0 Å². The summed E-state index contributed by atoms with van der Waals surface area (Å²) in [4.78, 5) is 2.41. The van der Waals surface area contributed by atoms with E-state index in [-0.39, 0.29) is 0 Å². The van der Waals surface area contributed by atoms with Crippen molar-refractivity contribution in [3.63, 3.8) is 0 Å². The summed E-state index contributed by atoms with van der Waals surface area (Å²) in [6.07, 6.45) is 4.62. The summed E-state index contributed by atoms with van der Waals surface area (Å²) >= 11 is 0. The van der Waals surface area contributed by atoms with Crippen molar-refractivity contribution in [2.75, 3.05) is 26.2 Å². The van der Waals surface area contributed by atoms with Crippen LogP contribution in [0.4, 0.5) is 0 Å². The van der Waals surface area contributed by atoms with E-state index in [4.69, 9.17) is 5.73 Å². The van der Waals surface area contributed by atoms with Gasteiger partial charge in [0, 0.05) is 19.6 Å². The number of hydrogen-bond donors (Lipinski definition) is 2. The monoisotopic (exact) mass is 197 g/mol. The number of nitrogens with two attached hydrogens (primary N) is 1. The van der Waals surface area contributed by atoms with Gasteiger partial charge in [0.2, 0.25) is 0 Å². The van der Waals surface area contributed by atoms with Crippen molar-refractivity contribution in [1.29, 1.82) is 0 Å². The first-order chi connectivity index (χ1) is 6.74. The highest BCUT2D eigenvalue weighted by atomic mass is 15.3. The molecule has 3 nitrogen and oxygen atoms in total. The van der Waals surface area contributed by atoms with E-state index in [9.17, 15) is 0 Å². The van der Waals surface area contributed by atoms with Gasteiger partial charge in [0.15, 0.2) is 0 Å². The molecule has 14 heavy (non-hydrogen) atoms. The van der Waals surface area contributed by atoms with Gasteiger partial charge in [-0.1, -0.05) is 13.8 Å². The van der Waals surface area contributed by atoms with Crippen molar-refractivity contribution >= 4 is 0 Å². The van der Waals surface area contributed by atoms with Crippen LogP contribution in [0.15, 0.2) is 11.9 Å². The molecule has 1 fully saturated rings. The van der Waals surface area contributed by atoms with Gasteiger partial charge >= 0.3 is 0 Å². The Morgan fingerprint density at radius 1 is 1.57 bits per heavy atom. The summed E-state index contributed by atoms with van der Waals surface area (Å²) in [5.74, 6) is 1.91. The molecule has 0 atom stereocenters. The number of nitrogens with one attached hydrogen (secondary N) is 1. The van der Waals surface area contributed by atoms with Gasteiger partial charge in [0.1, 0.15) is 0 Å². The Morgan fingerprint density at radius 3 is 3.00 bits per heavy atom. The summed E-state index contributed by atoms with van der Waals surface area (Å²) in [5, 5.41) is 3.46. The van der Waals surface area contributed by atoms with Crippen molar-refractivity contribution in [3.05, 3.63) is 11.9 Å². The Kier molecular flexibility index (Phi) is 4.80. The Hall–Kier alpha value is -0.700. The molecule has 0 unspecified atom stereocenters. The third-order valence-corrected chi connectivity index (χ3v) is 2.37. The van der Waals surface area contributed by atoms with E-state index >= 15 is 0 Å². The summed E-state index contributed by atoms with van der Waals surface area (Å²) in [5.41, 5.74) is 5.53. The van der Waals surface area contributed by atoms with Crippen LogP contribution in [-0.2, 0) is 0 Å². The highest BCUT2D eigenvalue weighted by molar-refractivity contribution is 5.03. The topological polar surface area (TPSA) is 41.3 Å². The fourth-order valence-corrected chi connectivity index (χ4v) is 1.71.